The third kappa shape index (κ3) is 3.43. The van der Waals surface area contributed by atoms with Crippen LogP contribution in [0.3, 0.4) is 0 Å². The number of fused-ring (bicyclic) bond motifs is 1. The molecule has 0 saturated carbocycles. The zero-order valence-electron chi connectivity index (χ0n) is 14.5. The van der Waals surface area contributed by atoms with Crippen molar-refractivity contribution in [1.82, 2.24) is 14.5 Å². The highest BCUT2D eigenvalue weighted by Gasteiger charge is 2.35. The van der Waals surface area contributed by atoms with E-state index in [-0.39, 0.29) is 39.4 Å². The van der Waals surface area contributed by atoms with Gasteiger partial charge in [0.1, 0.15) is 22.9 Å². The molecular weight excluding hydrogens is 415 g/mol. The predicted octanol–water partition coefficient (Wildman–Crippen LogP) is 4.52. The molecule has 3 aromatic rings. The van der Waals surface area contributed by atoms with E-state index in [1.807, 2.05) is 0 Å². The van der Waals surface area contributed by atoms with Gasteiger partial charge >= 0.3 is 6.55 Å². The molecule has 0 bridgehead atoms. The standard InChI is InChI=1S/C17H17Cl2F2N5O2/c18-10-11-13(15(25-16(19)24-11)23-7-8-3-1-5-27-8)26(17(20)21)12(10)14-9(22)4-2-6-28-14/h1,3,5,9,14,17H,2,4,6-7,22H2,(H,23,24,25)/t9-,14-/m0/s1. The Labute approximate surface area is 168 Å². The number of halogens is 4. The van der Waals surface area contributed by atoms with Crippen LogP contribution in [0.1, 0.15) is 36.9 Å². The van der Waals surface area contributed by atoms with Crippen molar-refractivity contribution in [2.45, 2.75) is 38.1 Å². The van der Waals surface area contributed by atoms with Gasteiger partial charge < -0.3 is 20.2 Å². The van der Waals surface area contributed by atoms with E-state index < -0.39 is 18.7 Å². The van der Waals surface area contributed by atoms with Crippen LogP contribution in [-0.2, 0) is 11.3 Å². The number of ether oxygens (including phenoxy) is 1. The zero-order valence-corrected chi connectivity index (χ0v) is 16.1. The fraction of sp³-hybridized carbons (Fsp3) is 0.412. The summed E-state index contributed by atoms with van der Waals surface area (Å²) in [4.78, 5) is 8.15. The lowest BCUT2D eigenvalue weighted by molar-refractivity contribution is -0.0141. The van der Waals surface area contributed by atoms with Crippen LogP contribution in [-0.4, -0.2) is 27.2 Å². The summed E-state index contributed by atoms with van der Waals surface area (Å²) in [6.45, 7) is -2.28. The minimum Gasteiger partial charge on any atom is -0.467 e. The van der Waals surface area contributed by atoms with Crippen LogP contribution in [0, 0.1) is 0 Å². The largest absolute Gasteiger partial charge is 0.467 e. The SMILES string of the molecule is N[C@H]1CCCO[C@@H]1c1c(Cl)c2nc(Cl)nc(NCc3ccco3)c2n1C(F)F. The number of hydrogen-bond acceptors (Lipinski definition) is 6. The molecule has 0 unspecified atom stereocenters. The minimum atomic E-state index is -2.91. The number of aromatic nitrogens is 3. The fourth-order valence-corrected chi connectivity index (χ4v) is 3.91. The smallest absolute Gasteiger partial charge is 0.319 e. The Kier molecular flexibility index (Phi) is 5.42. The summed E-state index contributed by atoms with van der Waals surface area (Å²) in [6.07, 6.45) is 2.13. The maximum atomic E-state index is 14.1. The summed E-state index contributed by atoms with van der Waals surface area (Å²) in [7, 11) is 0. The van der Waals surface area contributed by atoms with Crippen molar-refractivity contribution in [3.05, 3.63) is 40.2 Å². The maximum absolute atomic E-state index is 14.1. The van der Waals surface area contributed by atoms with Gasteiger partial charge in [-0.1, -0.05) is 11.6 Å². The average Bonchev–Trinajstić information content (AvgIpc) is 3.27. The molecule has 4 heterocycles. The molecule has 3 aromatic heterocycles. The van der Waals surface area contributed by atoms with E-state index in [9.17, 15) is 8.78 Å². The quantitative estimate of drug-likeness (QED) is 0.577. The Morgan fingerprint density at radius 3 is 2.86 bits per heavy atom. The first kappa shape index (κ1) is 19.4. The van der Waals surface area contributed by atoms with Crippen LogP contribution in [0.15, 0.2) is 22.8 Å². The van der Waals surface area contributed by atoms with Crippen LogP contribution in [0.25, 0.3) is 11.0 Å². The van der Waals surface area contributed by atoms with Gasteiger partial charge in [0.05, 0.1) is 23.5 Å². The number of furan rings is 1. The molecule has 0 aromatic carbocycles. The van der Waals surface area contributed by atoms with Gasteiger partial charge in [0.15, 0.2) is 5.82 Å². The first-order valence-corrected chi connectivity index (χ1v) is 9.41. The highest BCUT2D eigenvalue weighted by molar-refractivity contribution is 6.37. The van der Waals surface area contributed by atoms with Crippen LogP contribution in [0.2, 0.25) is 10.3 Å². The first-order valence-electron chi connectivity index (χ1n) is 8.65. The summed E-state index contributed by atoms with van der Waals surface area (Å²) in [6, 6.07) is 3.00. The summed E-state index contributed by atoms with van der Waals surface area (Å²) in [5, 5.41) is 2.88. The van der Waals surface area contributed by atoms with E-state index in [0.29, 0.717) is 18.8 Å². The van der Waals surface area contributed by atoms with Gasteiger partial charge in [0, 0.05) is 12.6 Å². The van der Waals surface area contributed by atoms with Crippen molar-refractivity contribution < 1.29 is 17.9 Å². The first-order chi connectivity index (χ1) is 13.5. The zero-order chi connectivity index (χ0) is 19.8. The number of alkyl halides is 2. The van der Waals surface area contributed by atoms with Gasteiger partial charge in [-0.15, -0.1) is 0 Å². The fourth-order valence-electron chi connectivity index (χ4n) is 3.41. The summed E-state index contributed by atoms with van der Waals surface area (Å²) < 4.78 is 40.0. The van der Waals surface area contributed by atoms with Gasteiger partial charge in [-0.3, -0.25) is 4.57 Å². The van der Waals surface area contributed by atoms with Gasteiger partial charge in [-0.05, 0) is 36.6 Å². The van der Waals surface area contributed by atoms with Crippen molar-refractivity contribution in [2.75, 3.05) is 11.9 Å². The van der Waals surface area contributed by atoms with Gasteiger partial charge in [0.25, 0.3) is 0 Å². The molecule has 1 fully saturated rings. The molecule has 28 heavy (non-hydrogen) atoms. The Hall–Kier alpha value is -1.94. The lowest BCUT2D eigenvalue weighted by Gasteiger charge is -2.30. The van der Waals surface area contributed by atoms with Gasteiger partial charge in [-0.25, -0.2) is 4.98 Å². The number of nitrogens with zero attached hydrogens (tertiary/aromatic N) is 3. The molecule has 0 radical (unpaired) electrons. The van der Waals surface area contributed by atoms with E-state index in [0.717, 1.165) is 11.0 Å². The molecule has 7 nitrogen and oxygen atoms in total. The van der Waals surface area contributed by atoms with Crippen molar-refractivity contribution in [3.63, 3.8) is 0 Å². The average molecular weight is 432 g/mol. The molecular formula is C17H17Cl2F2N5O2. The second-order valence-electron chi connectivity index (χ2n) is 6.42. The van der Waals surface area contributed by atoms with Gasteiger partial charge in [0.2, 0.25) is 5.28 Å². The number of nitrogens with one attached hydrogen (secondary N) is 1. The van der Waals surface area contributed by atoms with Crippen molar-refractivity contribution in [3.8, 4) is 0 Å². The third-order valence-electron chi connectivity index (χ3n) is 4.63. The number of rotatable bonds is 5. The summed E-state index contributed by atoms with van der Waals surface area (Å²) in [5.41, 5.74) is 6.36. The molecule has 4 rings (SSSR count). The lowest BCUT2D eigenvalue weighted by atomic mass is 10.0. The summed E-state index contributed by atoms with van der Waals surface area (Å²) >= 11 is 12.5. The number of hydrogen-bond donors (Lipinski definition) is 2. The van der Waals surface area contributed by atoms with E-state index >= 15 is 0 Å². The molecule has 1 aliphatic rings. The monoisotopic (exact) mass is 431 g/mol. The van der Waals surface area contributed by atoms with Crippen LogP contribution >= 0.6 is 23.2 Å². The molecule has 0 aliphatic carbocycles. The van der Waals surface area contributed by atoms with Crippen molar-refractivity contribution >= 4 is 40.1 Å². The molecule has 150 valence electrons. The Balaban J connectivity index is 1.87. The van der Waals surface area contributed by atoms with E-state index in [4.69, 9.17) is 38.1 Å². The molecule has 11 heteroatoms. The molecule has 2 atom stereocenters. The lowest BCUT2D eigenvalue weighted by Crippen LogP contribution is -2.35. The second-order valence-corrected chi connectivity index (χ2v) is 7.13. The Bertz CT molecular complexity index is 980. The maximum Gasteiger partial charge on any atom is 0.319 e. The molecule has 3 N–H and O–H groups in total. The highest BCUT2D eigenvalue weighted by Crippen LogP contribution is 2.42. The molecule has 0 amide bonds. The van der Waals surface area contributed by atoms with Crippen molar-refractivity contribution in [1.29, 1.82) is 0 Å². The predicted molar refractivity (Wildman–Crippen MR) is 101 cm³/mol. The van der Waals surface area contributed by atoms with Crippen LogP contribution in [0.4, 0.5) is 14.6 Å². The third-order valence-corrected chi connectivity index (χ3v) is 5.17. The molecule has 0 spiro atoms. The Morgan fingerprint density at radius 2 is 2.18 bits per heavy atom. The van der Waals surface area contributed by atoms with Gasteiger partial charge in [-0.2, -0.15) is 13.8 Å². The topological polar surface area (TPSA) is 91.1 Å². The van der Waals surface area contributed by atoms with E-state index in [1.165, 1.54) is 6.26 Å². The van der Waals surface area contributed by atoms with E-state index in [1.54, 1.807) is 12.1 Å². The van der Waals surface area contributed by atoms with Crippen LogP contribution in [0.5, 0.6) is 0 Å². The van der Waals surface area contributed by atoms with Crippen LogP contribution < -0.4 is 11.1 Å². The minimum absolute atomic E-state index is 0.0306. The number of anilines is 1. The molecule has 1 aliphatic heterocycles. The normalized spacial score (nSPS) is 20.2. The summed E-state index contributed by atoms with van der Waals surface area (Å²) in [5.74, 6) is 0.714. The number of nitrogens with two attached hydrogens (primary N) is 1. The second kappa shape index (κ2) is 7.82. The Morgan fingerprint density at radius 1 is 1.36 bits per heavy atom. The van der Waals surface area contributed by atoms with Crippen molar-refractivity contribution in [2.24, 2.45) is 5.73 Å². The van der Waals surface area contributed by atoms with E-state index in [2.05, 4.69) is 15.3 Å². The highest BCUT2D eigenvalue weighted by atomic mass is 35.5. The molecule has 1 saturated heterocycles.